The van der Waals surface area contributed by atoms with Crippen LogP contribution in [0.2, 0.25) is 0 Å². The second-order valence-electron chi connectivity index (χ2n) is 0.0913. The molecule has 0 unspecified atom stereocenters. The van der Waals surface area contributed by atoms with Crippen LogP contribution in [-0.4, -0.2) is 11.6 Å². The molecule has 5 heavy (non-hydrogen) atoms. The molecule has 0 aromatic carbocycles. The summed E-state index contributed by atoms with van der Waals surface area (Å²) in [5.74, 6) is 0. The molecule has 4 heteroatoms. The Bertz CT molecular complexity index is 17.1. The van der Waals surface area contributed by atoms with Crippen molar-refractivity contribution in [3.05, 3.63) is 6.15 Å². The Balaban J connectivity index is -0.0000000200. The normalized spacial score (nSPS) is 2.40. The molecular formula is CH3NO2Y-2. The first-order chi connectivity index (χ1) is 1.41. The third kappa shape index (κ3) is 102. The minimum atomic E-state index is 0. The quantitative estimate of drug-likeness (QED) is 0.505. The fourth-order valence-electron chi connectivity index (χ4n) is 0. The van der Waals surface area contributed by atoms with Crippen molar-refractivity contribution in [2.75, 3.05) is 0 Å². The standard InChI is InChI=1S/CHO2.H2N.Y/c2-1-3;;/h(H,2,3);1H2;/q2*-1;. The smallest absolute Gasteiger partial charge is 0 e. The van der Waals surface area contributed by atoms with Gasteiger partial charge in [-0.05, 0) is 0 Å². The Morgan fingerprint density at radius 3 is 1.60 bits per heavy atom. The van der Waals surface area contributed by atoms with Gasteiger partial charge in [-0.1, -0.05) is 6.47 Å². The monoisotopic (exact) mass is 150 g/mol. The van der Waals surface area contributed by atoms with Crippen LogP contribution in [-0.2, 0) is 37.5 Å². The summed E-state index contributed by atoms with van der Waals surface area (Å²) in [5.41, 5.74) is 0. The van der Waals surface area contributed by atoms with E-state index in [0.29, 0.717) is 6.47 Å². The molecule has 0 spiro atoms. The third-order valence-corrected chi connectivity index (χ3v) is 0. The van der Waals surface area contributed by atoms with E-state index in [1.54, 1.807) is 0 Å². The van der Waals surface area contributed by atoms with Gasteiger partial charge in [0.25, 0.3) is 0 Å². The first-order valence-corrected chi connectivity index (χ1v) is 0.428. The minimum Gasteiger partial charge on any atom is -0.693 e. The van der Waals surface area contributed by atoms with Crippen molar-refractivity contribution in [1.29, 1.82) is 0 Å². The number of hydrogen-bond acceptors (Lipinski definition) is 1. The predicted molar refractivity (Wildman–Crippen MR) is 13.6 cm³/mol. The van der Waals surface area contributed by atoms with Crippen molar-refractivity contribution in [1.82, 2.24) is 0 Å². The van der Waals surface area contributed by atoms with Gasteiger partial charge in [0.2, 0.25) is 0 Å². The summed E-state index contributed by atoms with van der Waals surface area (Å²) in [5, 5.41) is 6.76. The molecule has 0 aromatic heterocycles. The molecule has 3 N–H and O–H groups in total. The van der Waals surface area contributed by atoms with Crippen LogP contribution in [0.1, 0.15) is 0 Å². The van der Waals surface area contributed by atoms with E-state index in [0.717, 1.165) is 0 Å². The summed E-state index contributed by atoms with van der Waals surface area (Å²) in [6, 6.07) is 0. The number of rotatable bonds is 0. The first-order valence-electron chi connectivity index (χ1n) is 0.428. The maximum atomic E-state index is 8.24. The van der Waals surface area contributed by atoms with Gasteiger partial charge in [-0.3, -0.25) is 0 Å². The van der Waals surface area contributed by atoms with Crippen molar-refractivity contribution >= 4 is 6.47 Å². The van der Waals surface area contributed by atoms with Gasteiger partial charge in [0.1, 0.15) is 0 Å². The SMILES string of the molecule is O=[C-]O.[NH2-].[Y]. The van der Waals surface area contributed by atoms with Crippen LogP contribution in [0.25, 0.3) is 6.15 Å². The molecule has 0 saturated heterocycles. The zero-order valence-electron chi connectivity index (χ0n) is 2.51. The van der Waals surface area contributed by atoms with Crippen LogP contribution in [0.15, 0.2) is 0 Å². The second kappa shape index (κ2) is 24.1. The summed E-state index contributed by atoms with van der Waals surface area (Å²) in [7, 11) is 0. The average Bonchev–Trinajstić information content (AvgIpc) is 0.918. The van der Waals surface area contributed by atoms with E-state index in [1.807, 2.05) is 0 Å². The Hall–Kier alpha value is 0.534. The molecule has 0 aliphatic carbocycles. The van der Waals surface area contributed by atoms with E-state index < -0.39 is 0 Å². The van der Waals surface area contributed by atoms with Gasteiger partial charge in [0.15, 0.2) is 0 Å². The molecule has 0 aliphatic rings. The maximum Gasteiger partial charge on any atom is 0 e. The molecule has 0 bridgehead atoms. The molecule has 3 nitrogen and oxygen atoms in total. The number of nitrogens with two attached hydrogens (primary N) is 1. The van der Waals surface area contributed by atoms with Gasteiger partial charge in [-0.2, -0.15) is 0 Å². The van der Waals surface area contributed by atoms with E-state index in [4.69, 9.17) is 9.90 Å². The minimum absolute atomic E-state index is 0. The average molecular weight is 150 g/mol. The summed E-state index contributed by atoms with van der Waals surface area (Å²) >= 11 is 0. The summed E-state index contributed by atoms with van der Waals surface area (Å²) in [6.45, 7) is 0.500. The van der Waals surface area contributed by atoms with Crippen LogP contribution in [0.4, 0.5) is 0 Å². The van der Waals surface area contributed by atoms with E-state index >= 15 is 0 Å². The Labute approximate surface area is 55.2 Å². The van der Waals surface area contributed by atoms with Crippen LogP contribution in [0.3, 0.4) is 0 Å². The Morgan fingerprint density at radius 1 is 1.60 bits per heavy atom. The van der Waals surface area contributed by atoms with Crippen molar-refractivity contribution in [2.24, 2.45) is 0 Å². The van der Waals surface area contributed by atoms with Crippen molar-refractivity contribution in [2.45, 2.75) is 0 Å². The van der Waals surface area contributed by atoms with E-state index in [1.165, 1.54) is 0 Å². The molecule has 0 heterocycles. The van der Waals surface area contributed by atoms with E-state index in [9.17, 15) is 0 Å². The predicted octanol–water partition coefficient (Wildman–Crippen LogP) is 0.326. The fraction of sp³-hybridized carbons (Fsp3) is 0. The third-order valence-electron chi connectivity index (χ3n) is 0. The van der Waals surface area contributed by atoms with Gasteiger partial charge in [-0.15, -0.1) is 0 Å². The maximum absolute atomic E-state index is 8.24. The summed E-state index contributed by atoms with van der Waals surface area (Å²) in [4.78, 5) is 8.24. The van der Waals surface area contributed by atoms with Crippen LogP contribution >= 0.6 is 0 Å². The van der Waals surface area contributed by atoms with Gasteiger partial charge >= 0.3 is 0 Å². The first kappa shape index (κ1) is 17.7. The molecule has 0 amide bonds. The van der Waals surface area contributed by atoms with E-state index in [-0.39, 0.29) is 38.9 Å². The number of aliphatic hydroxyl groups excluding tert-OH is 1. The largest absolute Gasteiger partial charge is 0.693 e. The molecule has 0 saturated carbocycles. The zero-order valence-corrected chi connectivity index (χ0v) is 5.35. The van der Waals surface area contributed by atoms with Crippen molar-refractivity contribution in [3.63, 3.8) is 0 Å². The fourth-order valence-corrected chi connectivity index (χ4v) is 0. The molecule has 0 aliphatic heterocycles. The Morgan fingerprint density at radius 2 is 1.60 bits per heavy atom. The van der Waals surface area contributed by atoms with Gasteiger partial charge < -0.3 is 16.1 Å². The van der Waals surface area contributed by atoms with Crippen molar-refractivity contribution < 1.29 is 42.6 Å². The van der Waals surface area contributed by atoms with Gasteiger partial charge in [-0.25, -0.2) is 0 Å². The Kier molecular flexibility index (Phi) is 85.3. The summed E-state index contributed by atoms with van der Waals surface area (Å²) < 4.78 is 0. The van der Waals surface area contributed by atoms with Crippen LogP contribution in [0, 0.1) is 0 Å². The molecule has 29 valence electrons. The molecule has 0 aromatic rings. The molecule has 1 radical (unpaired) electrons. The molecule has 0 fully saturated rings. The van der Waals surface area contributed by atoms with Gasteiger partial charge in [0.05, 0.1) is 0 Å². The number of hydrogen-bond donors (Lipinski definition) is 1. The topological polar surface area (TPSA) is 70.8 Å². The second-order valence-corrected chi connectivity index (χ2v) is 0.0913. The van der Waals surface area contributed by atoms with Gasteiger partial charge in [0, 0.05) is 32.7 Å². The molecular weight excluding hydrogens is 147 g/mol. The van der Waals surface area contributed by atoms with E-state index in [2.05, 4.69) is 0 Å². The summed E-state index contributed by atoms with van der Waals surface area (Å²) in [6.07, 6.45) is 0. The molecule has 0 atom stereocenters. The van der Waals surface area contributed by atoms with Crippen LogP contribution < -0.4 is 0 Å². The zero-order chi connectivity index (χ0) is 2.71. The van der Waals surface area contributed by atoms with Crippen LogP contribution in [0.5, 0.6) is 0 Å². The van der Waals surface area contributed by atoms with Crippen molar-refractivity contribution in [3.8, 4) is 0 Å². The molecule has 0 rings (SSSR count).